The highest BCUT2D eigenvalue weighted by molar-refractivity contribution is 7.19. The zero-order valence-electron chi connectivity index (χ0n) is 22.4. The highest BCUT2D eigenvalue weighted by atomic mass is 32.1. The number of benzene rings is 1. The number of aromatic nitrogens is 2. The van der Waals surface area contributed by atoms with Gasteiger partial charge >= 0.3 is 0 Å². The van der Waals surface area contributed by atoms with E-state index in [4.69, 9.17) is 0 Å². The molecule has 2 amide bonds. The largest absolute Gasteiger partial charge is 0.374 e. The van der Waals surface area contributed by atoms with Crippen LogP contribution in [-0.2, 0) is 22.7 Å². The molecular formula is C30H33N5O2S2. The van der Waals surface area contributed by atoms with E-state index in [0.29, 0.717) is 37.3 Å². The summed E-state index contributed by atoms with van der Waals surface area (Å²) >= 11 is 3.21. The molecule has 7 nitrogen and oxygen atoms in total. The van der Waals surface area contributed by atoms with Crippen LogP contribution in [0.3, 0.4) is 0 Å². The zero-order chi connectivity index (χ0) is 27.8. The van der Waals surface area contributed by atoms with Gasteiger partial charge in [0.15, 0.2) is 0 Å². The maximum Gasteiger partial charge on any atom is 0.274 e. The second-order valence-corrected chi connectivity index (χ2v) is 11.0. The first-order valence-corrected chi connectivity index (χ1v) is 14.7. The van der Waals surface area contributed by atoms with Crippen LogP contribution in [0.2, 0.25) is 0 Å². The molecule has 0 saturated carbocycles. The van der Waals surface area contributed by atoms with Crippen LogP contribution in [-0.4, -0.2) is 32.7 Å². The van der Waals surface area contributed by atoms with E-state index in [2.05, 4.69) is 27.2 Å². The van der Waals surface area contributed by atoms with Gasteiger partial charge in [0, 0.05) is 39.3 Å². The average Bonchev–Trinajstić information content (AvgIpc) is 3.71. The number of nitrogens with one attached hydrogen (secondary N) is 2. The van der Waals surface area contributed by atoms with Gasteiger partial charge in [0.05, 0.1) is 23.7 Å². The van der Waals surface area contributed by atoms with Crippen molar-refractivity contribution < 1.29 is 9.59 Å². The summed E-state index contributed by atoms with van der Waals surface area (Å²) in [6, 6.07) is 13.5. The Morgan fingerprint density at radius 1 is 1.10 bits per heavy atom. The Morgan fingerprint density at radius 3 is 2.64 bits per heavy atom. The maximum atomic E-state index is 13.5. The average molecular weight is 560 g/mol. The lowest BCUT2D eigenvalue weighted by Crippen LogP contribution is -2.46. The van der Waals surface area contributed by atoms with Crippen LogP contribution in [0, 0.1) is 0 Å². The van der Waals surface area contributed by atoms with Crippen molar-refractivity contribution >= 4 is 44.6 Å². The number of hydrogen-bond donors (Lipinski definition) is 2. The van der Waals surface area contributed by atoms with Gasteiger partial charge in [0.1, 0.15) is 11.0 Å². The van der Waals surface area contributed by atoms with Gasteiger partial charge in [-0.25, -0.2) is 4.98 Å². The lowest BCUT2D eigenvalue weighted by Gasteiger charge is -2.26. The summed E-state index contributed by atoms with van der Waals surface area (Å²) in [4.78, 5) is 38.9. The van der Waals surface area contributed by atoms with Crippen LogP contribution >= 0.6 is 22.7 Å². The molecule has 1 aliphatic heterocycles. The molecule has 3 aromatic heterocycles. The van der Waals surface area contributed by atoms with Gasteiger partial charge in [0.25, 0.3) is 5.91 Å². The Labute approximate surface area is 237 Å². The monoisotopic (exact) mass is 559 g/mol. The Balaban J connectivity index is 0.00000172. The summed E-state index contributed by atoms with van der Waals surface area (Å²) in [7, 11) is 0. The van der Waals surface area contributed by atoms with Crippen LogP contribution in [0.5, 0.6) is 0 Å². The van der Waals surface area contributed by atoms with Crippen molar-refractivity contribution in [2.75, 3.05) is 0 Å². The van der Waals surface area contributed by atoms with E-state index in [9.17, 15) is 9.59 Å². The third kappa shape index (κ3) is 6.61. The summed E-state index contributed by atoms with van der Waals surface area (Å²) < 4.78 is 1.13. The van der Waals surface area contributed by atoms with E-state index in [1.807, 2.05) is 75.6 Å². The van der Waals surface area contributed by atoms with E-state index in [1.54, 1.807) is 34.9 Å². The van der Waals surface area contributed by atoms with E-state index in [-0.39, 0.29) is 11.8 Å². The van der Waals surface area contributed by atoms with E-state index < -0.39 is 6.04 Å². The fraction of sp³-hybridized carbons (Fsp3) is 0.267. The van der Waals surface area contributed by atoms with Gasteiger partial charge in [0.2, 0.25) is 5.91 Å². The van der Waals surface area contributed by atoms with Gasteiger partial charge in [-0.2, -0.15) is 0 Å². The molecule has 0 spiro atoms. The molecule has 0 aliphatic carbocycles. The third-order valence-corrected chi connectivity index (χ3v) is 8.41. The van der Waals surface area contributed by atoms with Crippen molar-refractivity contribution in [3.63, 3.8) is 0 Å². The molecule has 4 heterocycles. The van der Waals surface area contributed by atoms with Crippen molar-refractivity contribution in [2.24, 2.45) is 0 Å². The Morgan fingerprint density at radius 2 is 1.90 bits per heavy atom. The second kappa shape index (κ2) is 13.3. The van der Waals surface area contributed by atoms with Crippen LogP contribution in [0.1, 0.15) is 43.5 Å². The topological polar surface area (TPSA) is 87.2 Å². The van der Waals surface area contributed by atoms with Gasteiger partial charge in [-0.1, -0.05) is 56.8 Å². The first-order valence-electron chi connectivity index (χ1n) is 13.1. The Kier molecular flexibility index (Phi) is 9.62. The SMILES string of the molecule is C=C1CCC(C(=O)NCc2cc3cnccc3s2)N1C(=O)/C(=C\C)NCc1ncc(-c2ccccc2)s1.CC. The number of rotatable bonds is 8. The number of thiophene rings is 1. The van der Waals surface area contributed by atoms with Crippen molar-refractivity contribution in [3.05, 3.63) is 95.0 Å². The molecule has 4 aromatic rings. The number of carbonyl (C=O) groups is 2. The number of likely N-dealkylation sites (tertiary alicyclic amines) is 1. The number of hydrogen-bond acceptors (Lipinski definition) is 7. The Hall–Kier alpha value is -3.82. The van der Waals surface area contributed by atoms with Crippen molar-refractivity contribution in [1.82, 2.24) is 25.5 Å². The van der Waals surface area contributed by atoms with Crippen molar-refractivity contribution in [3.8, 4) is 10.4 Å². The first-order chi connectivity index (χ1) is 19.0. The van der Waals surface area contributed by atoms with Crippen LogP contribution in [0.4, 0.5) is 0 Å². The summed E-state index contributed by atoms with van der Waals surface area (Å²) in [5, 5.41) is 8.16. The predicted octanol–water partition coefficient (Wildman–Crippen LogP) is 6.26. The lowest BCUT2D eigenvalue weighted by atomic mass is 10.2. The zero-order valence-corrected chi connectivity index (χ0v) is 24.1. The van der Waals surface area contributed by atoms with Crippen molar-refractivity contribution in [2.45, 2.75) is 52.7 Å². The quantitative estimate of drug-likeness (QED) is 0.249. The number of thiazole rings is 1. The molecule has 1 atom stereocenters. The molecule has 0 bridgehead atoms. The van der Waals surface area contributed by atoms with Gasteiger partial charge in [-0.15, -0.1) is 22.7 Å². The highest BCUT2D eigenvalue weighted by Crippen LogP contribution is 2.29. The molecule has 0 radical (unpaired) electrons. The fourth-order valence-corrected chi connectivity index (χ4v) is 6.19. The van der Waals surface area contributed by atoms with Crippen LogP contribution in [0.25, 0.3) is 20.5 Å². The molecule has 1 saturated heterocycles. The highest BCUT2D eigenvalue weighted by Gasteiger charge is 2.37. The third-order valence-electron chi connectivity index (χ3n) is 6.25. The van der Waals surface area contributed by atoms with E-state index in [0.717, 1.165) is 30.4 Å². The first kappa shape index (κ1) is 28.2. The van der Waals surface area contributed by atoms with Gasteiger partial charge in [-0.05, 0) is 37.5 Å². The fourth-order valence-electron chi connectivity index (χ4n) is 4.35. The summed E-state index contributed by atoms with van der Waals surface area (Å²) in [5.74, 6) is -0.427. The smallest absolute Gasteiger partial charge is 0.274 e. The number of amides is 2. The molecule has 9 heteroatoms. The van der Waals surface area contributed by atoms with Crippen LogP contribution < -0.4 is 10.6 Å². The molecule has 1 unspecified atom stereocenters. The predicted molar refractivity (Wildman–Crippen MR) is 160 cm³/mol. The second-order valence-electron chi connectivity index (χ2n) is 8.68. The molecular weight excluding hydrogens is 526 g/mol. The minimum Gasteiger partial charge on any atom is -0.374 e. The molecule has 1 aliphatic rings. The summed E-state index contributed by atoms with van der Waals surface area (Å²) in [6.45, 7) is 10.7. The number of allylic oxidation sites excluding steroid dienone is 2. The summed E-state index contributed by atoms with van der Waals surface area (Å²) in [5.41, 5.74) is 2.19. The standard InChI is InChI=1S/C28H27N5O2S2.C2H6/c1-3-22(30-17-26-31-16-25(37-26)19-7-5-4-6-8-19)28(35)33-18(2)9-10-23(33)27(34)32-15-21-13-20-14-29-12-11-24(20)36-21;1-2/h3-8,11-14,16,23,30H,2,9-10,15,17H2,1H3,(H,32,34);1-2H3/b22-3+;. The number of nitrogens with zero attached hydrogens (tertiary/aromatic N) is 3. The summed E-state index contributed by atoms with van der Waals surface area (Å²) in [6.07, 6.45) is 8.32. The van der Waals surface area contributed by atoms with Crippen LogP contribution in [0.15, 0.2) is 85.1 Å². The molecule has 1 aromatic carbocycles. The molecule has 39 heavy (non-hydrogen) atoms. The van der Waals surface area contributed by atoms with Gasteiger partial charge < -0.3 is 10.6 Å². The molecule has 1 fully saturated rings. The normalized spacial score (nSPS) is 15.2. The Bertz CT molecular complexity index is 1440. The minimum atomic E-state index is -0.586. The van der Waals surface area contributed by atoms with Crippen molar-refractivity contribution in [1.29, 1.82) is 0 Å². The van der Waals surface area contributed by atoms with E-state index >= 15 is 0 Å². The molecule has 202 valence electrons. The number of pyridine rings is 1. The maximum absolute atomic E-state index is 13.5. The number of carbonyl (C=O) groups excluding carboxylic acids is 2. The molecule has 2 N–H and O–H groups in total. The number of fused-ring (bicyclic) bond motifs is 1. The van der Waals surface area contributed by atoms with Gasteiger partial charge in [-0.3, -0.25) is 19.5 Å². The minimum absolute atomic E-state index is 0.175. The van der Waals surface area contributed by atoms with E-state index in [1.165, 1.54) is 4.90 Å². The lowest BCUT2D eigenvalue weighted by molar-refractivity contribution is -0.134. The molecule has 5 rings (SSSR count).